The Morgan fingerprint density at radius 3 is 2.38 bits per heavy atom. The van der Waals surface area contributed by atoms with Gasteiger partial charge in [0.05, 0.1) is 0 Å². The van der Waals surface area contributed by atoms with E-state index in [1.165, 1.54) is 0 Å². The molecular weight excluding hydrogens is 119 g/mol. The molecule has 0 aliphatic heterocycles. The van der Waals surface area contributed by atoms with Gasteiger partial charge < -0.3 is 5.73 Å². The van der Waals surface area contributed by atoms with Gasteiger partial charge in [-0.1, -0.05) is 9.24 Å². The molecule has 0 saturated carbocycles. The van der Waals surface area contributed by atoms with Crippen LogP contribution in [-0.4, -0.2) is 18.0 Å². The first-order valence-corrected chi connectivity index (χ1v) is 3.26. The van der Waals surface area contributed by atoms with Crippen LogP contribution in [0.25, 0.3) is 0 Å². The van der Waals surface area contributed by atoms with Gasteiger partial charge in [-0.3, -0.25) is 4.99 Å². The minimum Gasteiger partial charge on any atom is -0.325 e. The highest BCUT2D eigenvalue weighted by molar-refractivity contribution is 7.40. The molecule has 0 aromatic carbocycles. The summed E-state index contributed by atoms with van der Waals surface area (Å²) in [6.07, 6.45) is 0. The number of nitrogens with two attached hydrogens (primary N) is 1. The molecule has 2 nitrogen and oxygen atoms in total. The van der Waals surface area contributed by atoms with Gasteiger partial charge in [0.1, 0.15) is 0 Å². The second kappa shape index (κ2) is 3.99. The van der Waals surface area contributed by atoms with Crippen LogP contribution in [0.15, 0.2) is 4.99 Å². The Labute approximate surface area is 52.8 Å². The van der Waals surface area contributed by atoms with E-state index < -0.39 is 0 Å². The smallest absolute Gasteiger partial charge is 0.0447 e. The zero-order chi connectivity index (χ0) is 6.57. The summed E-state index contributed by atoms with van der Waals surface area (Å²) >= 11 is 0. The normalized spacial score (nSPS) is 12.9. The first-order valence-electron chi connectivity index (χ1n) is 2.69. The Morgan fingerprint density at radius 1 is 1.75 bits per heavy atom. The molecular formula is C5H13N2P. The summed E-state index contributed by atoms with van der Waals surface area (Å²) in [5, 5.41) is 0. The van der Waals surface area contributed by atoms with Gasteiger partial charge in [0.2, 0.25) is 0 Å². The molecule has 0 aromatic rings. The predicted octanol–water partition coefficient (Wildman–Crippen LogP) is 0.627. The molecule has 8 heavy (non-hydrogen) atoms. The highest BCUT2D eigenvalue weighted by Crippen LogP contribution is 1.92. The van der Waals surface area contributed by atoms with E-state index in [9.17, 15) is 0 Å². The molecule has 48 valence electrons. The fourth-order valence-electron chi connectivity index (χ4n) is 0.384. The maximum Gasteiger partial charge on any atom is 0.0447 e. The third-order valence-corrected chi connectivity index (χ3v) is 1.02. The fraction of sp³-hybridized carbons (Fsp3) is 0.800. The second-order valence-corrected chi connectivity index (χ2v) is 2.58. The molecule has 1 unspecified atom stereocenters. The summed E-state index contributed by atoms with van der Waals surface area (Å²) in [7, 11) is 2.50. The molecule has 0 aromatic heterocycles. The van der Waals surface area contributed by atoms with Crippen LogP contribution in [0.4, 0.5) is 0 Å². The van der Waals surface area contributed by atoms with Crippen molar-refractivity contribution in [2.45, 2.75) is 19.9 Å². The van der Waals surface area contributed by atoms with Crippen LogP contribution < -0.4 is 5.73 Å². The number of hydrogen-bond acceptors (Lipinski definition) is 2. The molecule has 3 heteroatoms. The molecule has 2 N–H and O–H groups in total. The predicted molar refractivity (Wildman–Crippen MR) is 41.3 cm³/mol. The Bertz CT molecular complexity index is 88.4. The molecule has 0 fully saturated rings. The van der Waals surface area contributed by atoms with Crippen molar-refractivity contribution in [2.75, 3.05) is 6.54 Å². The molecule has 0 amide bonds. The van der Waals surface area contributed by atoms with Gasteiger partial charge in [-0.15, -0.1) is 0 Å². The lowest BCUT2D eigenvalue weighted by Crippen LogP contribution is -2.08. The van der Waals surface area contributed by atoms with Crippen molar-refractivity contribution in [2.24, 2.45) is 10.7 Å². The van der Waals surface area contributed by atoms with E-state index in [4.69, 9.17) is 5.73 Å². The molecule has 0 aliphatic carbocycles. The summed E-state index contributed by atoms with van der Waals surface area (Å²) in [5.74, 6) is 0. The maximum atomic E-state index is 5.27. The lowest BCUT2D eigenvalue weighted by molar-refractivity contribution is 0.836. The van der Waals surface area contributed by atoms with Crippen LogP contribution in [0.2, 0.25) is 0 Å². The standard InChI is InChI=1S/C5H13N2P/c1-4(2)7-5(8)3-6/h4H,3,6,8H2,1-2H3. The van der Waals surface area contributed by atoms with Crippen molar-refractivity contribution in [1.29, 1.82) is 0 Å². The van der Waals surface area contributed by atoms with Crippen LogP contribution in [0.5, 0.6) is 0 Å². The van der Waals surface area contributed by atoms with Crippen LogP contribution in [-0.2, 0) is 0 Å². The van der Waals surface area contributed by atoms with Gasteiger partial charge >= 0.3 is 0 Å². The van der Waals surface area contributed by atoms with Crippen LogP contribution in [0.1, 0.15) is 13.8 Å². The largest absolute Gasteiger partial charge is 0.325 e. The Morgan fingerprint density at radius 2 is 2.25 bits per heavy atom. The lowest BCUT2D eigenvalue weighted by atomic mass is 10.4. The second-order valence-electron chi connectivity index (χ2n) is 1.92. The Balaban J connectivity index is 3.56. The number of nitrogens with zero attached hydrogens (tertiary/aromatic N) is 1. The molecule has 0 bridgehead atoms. The van der Waals surface area contributed by atoms with E-state index in [0.29, 0.717) is 12.6 Å². The Hall–Kier alpha value is 0.0600. The number of rotatable bonds is 2. The van der Waals surface area contributed by atoms with Crippen LogP contribution in [0, 0.1) is 0 Å². The van der Waals surface area contributed by atoms with Crippen LogP contribution >= 0.6 is 9.24 Å². The first kappa shape index (κ1) is 8.06. The van der Waals surface area contributed by atoms with Gasteiger partial charge in [-0.05, 0) is 13.8 Å². The molecule has 0 saturated heterocycles. The van der Waals surface area contributed by atoms with E-state index >= 15 is 0 Å². The average Bonchev–Trinajstić information content (AvgIpc) is 1.65. The summed E-state index contributed by atoms with van der Waals surface area (Å²) in [5.41, 5.74) is 6.21. The molecule has 1 atom stereocenters. The SMILES string of the molecule is CC(C)N=C(P)CN. The number of hydrogen-bond donors (Lipinski definition) is 1. The molecule has 0 rings (SSSR count). The Kier molecular flexibility index (Phi) is 4.02. The quantitative estimate of drug-likeness (QED) is 0.434. The van der Waals surface area contributed by atoms with Gasteiger partial charge in [0.25, 0.3) is 0 Å². The van der Waals surface area contributed by atoms with E-state index in [2.05, 4.69) is 14.2 Å². The summed E-state index contributed by atoms with van der Waals surface area (Å²) < 4.78 is 0. The van der Waals surface area contributed by atoms with Crippen molar-refractivity contribution >= 4 is 14.7 Å². The number of aliphatic imine (C=N–C) groups is 1. The fourth-order valence-corrected chi connectivity index (χ4v) is 0.682. The van der Waals surface area contributed by atoms with Gasteiger partial charge in [-0.2, -0.15) is 0 Å². The molecule has 0 heterocycles. The van der Waals surface area contributed by atoms with Gasteiger partial charge in [0, 0.05) is 18.0 Å². The highest BCUT2D eigenvalue weighted by atomic mass is 31.0. The van der Waals surface area contributed by atoms with E-state index in [0.717, 1.165) is 5.45 Å². The molecule has 0 aliphatic rings. The minimum absolute atomic E-state index is 0.367. The summed E-state index contributed by atoms with van der Waals surface area (Å²) in [6, 6.07) is 0.367. The van der Waals surface area contributed by atoms with Gasteiger partial charge in [-0.25, -0.2) is 0 Å². The summed E-state index contributed by atoms with van der Waals surface area (Å²) in [6.45, 7) is 4.60. The zero-order valence-corrected chi connectivity index (χ0v) is 6.54. The van der Waals surface area contributed by atoms with Crippen molar-refractivity contribution < 1.29 is 0 Å². The molecule has 0 spiro atoms. The average molecular weight is 132 g/mol. The topological polar surface area (TPSA) is 38.4 Å². The minimum atomic E-state index is 0.367. The monoisotopic (exact) mass is 132 g/mol. The third kappa shape index (κ3) is 4.23. The lowest BCUT2D eigenvalue weighted by Gasteiger charge is -1.97. The van der Waals surface area contributed by atoms with Crippen molar-refractivity contribution in [1.82, 2.24) is 0 Å². The van der Waals surface area contributed by atoms with Crippen molar-refractivity contribution in [3.8, 4) is 0 Å². The first-order chi connectivity index (χ1) is 3.66. The van der Waals surface area contributed by atoms with Crippen LogP contribution in [0.3, 0.4) is 0 Å². The zero-order valence-electron chi connectivity index (χ0n) is 5.39. The van der Waals surface area contributed by atoms with Crippen molar-refractivity contribution in [3.63, 3.8) is 0 Å². The van der Waals surface area contributed by atoms with Gasteiger partial charge in [0.15, 0.2) is 0 Å². The van der Waals surface area contributed by atoms with E-state index in [1.54, 1.807) is 0 Å². The van der Waals surface area contributed by atoms with E-state index in [-0.39, 0.29) is 0 Å². The highest BCUT2D eigenvalue weighted by Gasteiger charge is 1.87. The maximum absolute atomic E-state index is 5.27. The van der Waals surface area contributed by atoms with Crippen molar-refractivity contribution in [3.05, 3.63) is 0 Å². The molecule has 0 radical (unpaired) electrons. The van der Waals surface area contributed by atoms with E-state index in [1.807, 2.05) is 13.8 Å². The summed E-state index contributed by atoms with van der Waals surface area (Å²) in [4.78, 5) is 4.15. The third-order valence-electron chi connectivity index (χ3n) is 0.633.